The molecule has 9 nitrogen and oxygen atoms in total. The molecule has 29 heavy (non-hydrogen) atoms. The van der Waals surface area contributed by atoms with Crippen LogP contribution in [0.2, 0.25) is 0 Å². The maximum absolute atomic E-state index is 12.7. The fraction of sp³-hybridized carbons (Fsp3) is 0.778. The quantitative estimate of drug-likeness (QED) is 0.261. The van der Waals surface area contributed by atoms with Crippen LogP contribution in [0.4, 0.5) is 0 Å². The fourth-order valence-corrected chi connectivity index (χ4v) is 3.80. The molecule has 166 valence electrons. The van der Waals surface area contributed by atoms with Crippen molar-refractivity contribution in [3.63, 3.8) is 0 Å². The van der Waals surface area contributed by atoms with Gasteiger partial charge in [-0.25, -0.2) is 4.79 Å². The lowest BCUT2D eigenvalue weighted by Crippen LogP contribution is -2.56. The minimum Gasteiger partial charge on any atom is -0.480 e. The summed E-state index contributed by atoms with van der Waals surface area (Å²) in [6, 6.07) is -2.97. The topological polar surface area (TPSA) is 137 Å². The first-order valence-corrected chi connectivity index (χ1v) is 12.4. The number of carboxylic acids is 1. The molecule has 4 atom stereocenters. The van der Waals surface area contributed by atoms with Gasteiger partial charge in [0.2, 0.25) is 17.7 Å². The fourth-order valence-electron chi connectivity index (χ4n) is 2.85. The molecule has 1 fully saturated rings. The van der Waals surface area contributed by atoms with Crippen LogP contribution in [0, 0.1) is 0 Å². The molecule has 0 aromatic heterocycles. The molecule has 1 saturated heterocycles. The lowest BCUT2D eigenvalue weighted by molar-refractivity contribution is -0.142. The predicted octanol–water partition coefficient (Wildman–Crippen LogP) is -0.196. The lowest BCUT2D eigenvalue weighted by Gasteiger charge is -2.23. The molecule has 1 aliphatic heterocycles. The second-order valence-electron chi connectivity index (χ2n) is 6.90. The van der Waals surface area contributed by atoms with Crippen LogP contribution in [0.3, 0.4) is 0 Å². The van der Waals surface area contributed by atoms with Crippen molar-refractivity contribution in [3.05, 3.63) is 0 Å². The number of thioether (sulfide) groups is 2. The molecule has 0 spiro atoms. The number of carbonyl (C=O) groups excluding carboxylic acids is 3. The number of hydrogen-bond acceptors (Lipinski definition) is 7. The maximum Gasteiger partial charge on any atom is 0.326 e. The highest BCUT2D eigenvalue weighted by Crippen LogP contribution is 2.08. The van der Waals surface area contributed by atoms with Crippen molar-refractivity contribution in [1.82, 2.24) is 21.3 Å². The molecular formula is C18H32N4O5S2. The Morgan fingerprint density at radius 3 is 2.14 bits per heavy atom. The maximum atomic E-state index is 12.7. The van der Waals surface area contributed by atoms with Crippen LogP contribution in [-0.2, 0) is 19.2 Å². The number of aliphatic carboxylic acids is 1. The third-order valence-electron chi connectivity index (χ3n) is 4.60. The van der Waals surface area contributed by atoms with Gasteiger partial charge in [0.1, 0.15) is 18.1 Å². The highest BCUT2D eigenvalue weighted by Gasteiger charge is 2.29. The number of hydrogen-bond donors (Lipinski definition) is 5. The Morgan fingerprint density at radius 2 is 1.62 bits per heavy atom. The van der Waals surface area contributed by atoms with Gasteiger partial charge in [0.05, 0.1) is 6.04 Å². The average Bonchev–Trinajstić information content (AvgIpc) is 3.22. The van der Waals surface area contributed by atoms with Crippen molar-refractivity contribution in [2.45, 2.75) is 56.8 Å². The molecule has 0 radical (unpaired) electrons. The molecule has 0 aromatic carbocycles. The summed E-state index contributed by atoms with van der Waals surface area (Å²) in [4.78, 5) is 48.6. The van der Waals surface area contributed by atoms with Crippen molar-refractivity contribution in [1.29, 1.82) is 0 Å². The number of carbonyl (C=O) groups is 4. The zero-order chi connectivity index (χ0) is 21.8. The van der Waals surface area contributed by atoms with Gasteiger partial charge in [-0.2, -0.15) is 23.5 Å². The van der Waals surface area contributed by atoms with E-state index >= 15 is 0 Å². The molecule has 1 aliphatic rings. The summed E-state index contributed by atoms with van der Waals surface area (Å²) < 4.78 is 0. The summed E-state index contributed by atoms with van der Waals surface area (Å²) in [5.41, 5.74) is 0. The summed E-state index contributed by atoms with van der Waals surface area (Å²) in [5, 5.41) is 20.1. The predicted molar refractivity (Wildman–Crippen MR) is 116 cm³/mol. The van der Waals surface area contributed by atoms with E-state index in [4.69, 9.17) is 0 Å². The average molecular weight is 449 g/mol. The smallest absolute Gasteiger partial charge is 0.326 e. The van der Waals surface area contributed by atoms with E-state index in [9.17, 15) is 24.3 Å². The van der Waals surface area contributed by atoms with Crippen molar-refractivity contribution < 1.29 is 24.3 Å². The summed E-state index contributed by atoms with van der Waals surface area (Å²) >= 11 is 3.05. The van der Waals surface area contributed by atoms with E-state index < -0.39 is 35.9 Å². The van der Waals surface area contributed by atoms with Gasteiger partial charge in [0, 0.05) is 0 Å². The van der Waals surface area contributed by atoms with Gasteiger partial charge in [-0.15, -0.1) is 0 Å². The number of nitrogens with one attached hydrogen (secondary N) is 4. The highest BCUT2D eigenvalue weighted by molar-refractivity contribution is 7.98. The Balaban J connectivity index is 2.64. The molecule has 11 heteroatoms. The number of carboxylic acid groups (broad SMARTS) is 1. The van der Waals surface area contributed by atoms with Crippen LogP contribution in [0.25, 0.3) is 0 Å². The van der Waals surface area contributed by atoms with E-state index in [0.717, 1.165) is 19.4 Å². The Hall–Kier alpha value is -1.46. The van der Waals surface area contributed by atoms with E-state index in [-0.39, 0.29) is 11.9 Å². The molecule has 0 aliphatic carbocycles. The van der Waals surface area contributed by atoms with Crippen LogP contribution < -0.4 is 21.3 Å². The monoisotopic (exact) mass is 448 g/mol. The van der Waals surface area contributed by atoms with Crippen LogP contribution in [0.1, 0.15) is 32.6 Å². The van der Waals surface area contributed by atoms with E-state index in [1.54, 1.807) is 11.8 Å². The number of rotatable bonds is 13. The Kier molecular flexibility index (Phi) is 12.1. The molecular weight excluding hydrogens is 416 g/mol. The summed E-state index contributed by atoms with van der Waals surface area (Å²) in [7, 11) is 0. The molecule has 3 amide bonds. The van der Waals surface area contributed by atoms with Gasteiger partial charge in [-0.3, -0.25) is 14.4 Å². The summed E-state index contributed by atoms with van der Waals surface area (Å²) in [5.74, 6) is -1.09. The van der Waals surface area contributed by atoms with Gasteiger partial charge in [0.25, 0.3) is 0 Å². The third kappa shape index (κ3) is 9.26. The normalized spacial score (nSPS) is 19.1. The molecule has 0 aromatic rings. The van der Waals surface area contributed by atoms with Crippen molar-refractivity contribution in [3.8, 4) is 0 Å². The van der Waals surface area contributed by atoms with Crippen LogP contribution in [0.15, 0.2) is 0 Å². The summed E-state index contributed by atoms with van der Waals surface area (Å²) in [6.07, 6.45) is 6.14. The van der Waals surface area contributed by atoms with Gasteiger partial charge >= 0.3 is 5.97 Å². The zero-order valence-corrected chi connectivity index (χ0v) is 18.8. The Bertz CT molecular complexity index is 572. The standard InChI is InChI=1S/C18H32N4O5S2/c1-11(15(23)22-14(18(26)27)7-10-29-3)20-17(25)13(6-9-28-2)21-16(24)12-5-4-8-19-12/h11-14,19H,4-10H2,1-3H3,(H,20,25)(H,21,24)(H,22,23)(H,26,27). The van der Waals surface area contributed by atoms with E-state index in [0.29, 0.717) is 24.3 Å². The van der Waals surface area contributed by atoms with Crippen LogP contribution >= 0.6 is 23.5 Å². The first kappa shape index (κ1) is 25.6. The van der Waals surface area contributed by atoms with Crippen LogP contribution in [-0.4, -0.2) is 83.5 Å². The third-order valence-corrected chi connectivity index (χ3v) is 5.89. The largest absolute Gasteiger partial charge is 0.480 e. The lowest BCUT2D eigenvalue weighted by atomic mass is 10.1. The van der Waals surface area contributed by atoms with Gasteiger partial charge in [-0.05, 0) is 63.2 Å². The first-order chi connectivity index (χ1) is 13.8. The Labute approximate surface area is 180 Å². The Morgan fingerprint density at radius 1 is 1.00 bits per heavy atom. The molecule has 0 bridgehead atoms. The van der Waals surface area contributed by atoms with E-state index in [1.165, 1.54) is 18.7 Å². The molecule has 0 saturated carbocycles. The van der Waals surface area contributed by atoms with Gasteiger partial charge in [0.15, 0.2) is 0 Å². The number of amides is 3. The molecule has 4 unspecified atom stereocenters. The van der Waals surface area contributed by atoms with E-state index in [2.05, 4.69) is 21.3 Å². The second-order valence-corrected chi connectivity index (χ2v) is 8.87. The van der Waals surface area contributed by atoms with Gasteiger partial charge < -0.3 is 26.4 Å². The molecule has 1 rings (SSSR count). The minimum atomic E-state index is -1.11. The SMILES string of the molecule is CSCCC(NC(=O)C(C)NC(=O)C(CCSC)NC(=O)C1CCCN1)C(=O)O. The molecule has 1 heterocycles. The van der Waals surface area contributed by atoms with Crippen molar-refractivity contribution in [2.75, 3.05) is 30.6 Å². The minimum absolute atomic E-state index is 0.219. The van der Waals surface area contributed by atoms with E-state index in [1.807, 2.05) is 12.5 Å². The van der Waals surface area contributed by atoms with Crippen molar-refractivity contribution >= 4 is 47.2 Å². The first-order valence-electron chi connectivity index (χ1n) is 9.65. The highest BCUT2D eigenvalue weighted by atomic mass is 32.2. The van der Waals surface area contributed by atoms with Crippen molar-refractivity contribution in [2.24, 2.45) is 0 Å². The summed E-state index contributed by atoms with van der Waals surface area (Å²) in [6.45, 7) is 2.27. The second kappa shape index (κ2) is 13.7. The zero-order valence-electron chi connectivity index (χ0n) is 17.2. The van der Waals surface area contributed by atoms with Gasteiger partial charge in [-0.1, -0.05) is 0 Å². The van der Waals surface area contributed by atoms with Crippen LogP contribution in [0.5, 0.6) is 0 Å². The molecule has 5 N–H and O–H groups in total.